The second-order valence-corrected chi connectivity index (χ2v) is 7.86. The van der Waals surface area contributed by atoms with Gasteiger partial charge in [-0.15, -0.1) is 0 Å². The lowest BCUT2D eigenvalue weighted by atomic mass is 10.1. The Hall–Kier alpha value is -2.85. The van der Waals surface area contributed by atoms with E-state index in [1.165, 1.54) is 12.1 Å². The van der Waals surface area contributed by atoms with Gasteiger partial charge in [-0.1, -0.05) is 40.2 Å². The molecule has 148 valence electrons. The van der Waals surface area contributed by atoms with E-state index in [1.54, 1.807) is 29.9 Å². The van der Waals surface area contributed by atoms with Crippen LogP contribution in [-0.4, -0.2) is 26.3 Å². The lowest BCUT2D eigenvalue weighted by Crippen LogP contribution is -2.20. The molecule has 0 saturated carbocycles. The second kappa shape index (κ2) is 9.10. The number of carbonyl (C=O) groups excluding carboxylic acids is 1. The highest BCUT2D eigenvalue weighted by molar-refractivity contribution is 9.10. The van der Waals surface area contributed by atoms with E-state index in [0.717, 1.165) is 15.6 Å². The van der Waals surface area contributed by atoms with Gasteiger partial charge in [0.25, 0.3) is 11.6 Å². The SMILES string of the molecule is C/C(=N\NC(=O)c1nn(Cc2ccc([N+](=O)[O-])cc2)cc1Br)c1ccc(Br)cc1. The molecule has 0 atom stereocenters. The summed E-state index contributed by atoms with van der Waals surface area (Å²) in [5.74, 6) is -0.448. The zero-order valence-electron chi connectivity index (χ0n) is 15.2. The van der Waals surface area contributed by atoms with Crippen LogP contribution in [0, 0.1) is 10.1 Å². The maximum absolute atomic E-state index is 12.4. The molecule has 0 radical (unpaired) electrons. The van der Waals surface area contributed by atoms with Crippen LogP contribution in [0.4, 0.5) is 5.69 Å². The molecule has 0 bridgehead atoms. The van der Waals surface area contributed by atoms with Gasteiger partial charge in [0, 0.05) is 22.8 Å². The first-order chi connectivity index (χ1) is 13.8. The Morgan fingerprint density at radius 3 is 2.45 bits per heavy atom. The van der Waals surface area contributed by atoms with E-state index in [2.05, 4.69) is 47.5 Å². The van der Waals surface area contributed by atoms with Gasteiger partial charge in [-0.25, -0.2) is 5.43 Å². The minimum absolute atomic E-state index is 0.0227. The van der Waals surface area contributed by atoms with E-state index in [9.17, 15) is 14.9 Å². The maximum Gasteiger partial charge on any atom is 0.293 e. The molecular formula is C19H15Br2N5O3. The minimum atomic E-state index is -0.451. The molecule has 1 N–H and O–H groups in total. The van der Waals surface area contributed by atoms with Crippen molar-refractivity contribution in [2.75, 3.05) is 0 Å². The van der Waals surface area contributed by atoms with Crippen LogP contribution in [0.3, 0.4) is 0 Å². The Kier molecular flexibility index (Phi) is 6.55. The highest BCUT2D eigenvalue weighted by Crippen LogP contribution is 2.17. The predicted molar refractivity (Wildman–Crippen MR) is 116 cm³/mol. The molecule has 10 heteroatoms. The number of benzene rings is 2. The van der Waals surface area contributed by atoms with Crippen LogP contribution >= 0.6 is 31.9 Å². The van der Waals surface area contributed by atoms with E-state index >= 15 is 0 Å². The molecule has 0 unspecified atom stereocenters. The van der Waals surface area contributed by atoms with Crippen molar-refractivity contribution < 1.29 is 9.72 Å². The maximum atomic E-state index is 12.4. The smallest absolute Gasteiger partial charge is 0.266 e. The molecule has 1 aromatic heterocycles. The lowest BCUT2D eigenvalue weighted by molar-refractivity contribution is -0.384. The molecule has 0 spiro atoms. The van der Waals surface area contributed by atoms with Crippen molar-refractivity contribution in [1.82, 2.24) is 15.2 Å². The quantitative estimate of drug-likeness (QED) is 0.293. The topological polar surface area (TPSA) is 102 Å². The van der Waals surface area contributed by atoms with Crippen molar-refractivity contribution in [3.63, 3.8) is 0 Å². The number of amides is 1. The highest BCUT2D eigenvalue weighted by Gasteiger charge is 2.15. The summed E-state index contributed by atoms with van der Waals surface area (Å²) < 4.78 is 3.06. The fraction of sp³-hybridized carbons (Fsp3) is 0.105. The molecule has 1 heterocycles. The fourth-order valence-electron chi connectivity index (χ4n) is 2.49. The Labute approximate surface area is 183 Å². The van der Waals surface area contributed by atoms with Crippen molar-refractivity contribution >= 4 is 49.2 Å². The summed E-state index contributed by atoms with van der Waals surface area (Å²) in [4.78, 5) is 22.7. The number of nitrogens with zero attached hydrogens (tertiary/aromatic N) is 4. The van der Waals surface area contributed by atoms with Gasteiger partial charge in [0.05, 0.1) is 21.7 Å². The number of nitrogens with one attached hydrogen (secondary N) is 1. The summed E-state index contributed by atoms with van der Waals surface area (Å²) in [6.45, 7) is 2.16. The Balaban J connectivity index is 1.68. The molecular weight excluding hydrogens is 506 g/mol. The zero-order chi connectivity index (χ0) is 21.0. The number of hydrogen-bond acceptors (Lipinski definition) is 5. The summed E-state index contributed by atoms with van der Waals surface area (Å²) >= 11 is 6.71. The number of aromatic nitrogens is 2. The van der Waals surface area contributed by atoms with Crippen LogP contribution in [0.1, 0.15) is 28.5 Å². The monoisotopic (exact) mass is 519 g/mol. The summed E-state index contributed by atoms with van der Waals surface area (Å²) in [6.07, 6.45) is 1.67. The first-order valence-electron chi connectivity index (χ1n) is 8.40. The van der Waals surface area contributed by atoms with Crippen molar-refractivity contribution in [2.45, 2.75) is 13.5 Å². The van der Waals surface area contributed by atoms with Crippen LogP contribution in [0.25, 0.3) is 0 Å². The van der Waals surface area contributed by atoms with Crippen molar-refractivity contribution in [3.8, 4) is 0 Å². The number of rotatable bonds is 6. The average Bonchev–Trinajstić information content (AvgIpc) is 3.07. The molecule has 0 aliphatic carbocycles. The number of hydrazone groups is 1. The Morgan fingerprint density at radius 1 is 1.17 bits per heavy atom. The van der Waals surface area contributed by atoms with Crippen LogP contribution in [0.2, 0.25) is 0 Å². The van der Waals surface area contributed by atoms with E-state index in [0.29, 0.717) is 16.7 Å². The van der Waals surface area contributed by atoms with Crippen molar-refractivity contribution in [2.24, 2.45) is 5.10 Å². The number of halogens is 2. The number of nitro groups is 1. The molecule has 0 saturated heterocycles. The van der Waals surface area contributed by atoms with Gasteiger partial charge < -0.3 is 0 Å². The molecule has 1 amide bonds. The molecule has 3 aromatic rings. The first kappa shape index (κ1) is 20.9. The second-order valence-electron chi connectivity index (χ2n) is 6.09. The molecule has 29 heavy (non-hydrogen) atoms. The minimum Gasteiger partial charge on any atom is -0.266 e. The van der Waals surface area contributed by atoms with E-state index < -0.39 is 10.8 Å². The van der Waals surface area contributed by atoms with Gasteiger partial charge >= 0.3 is 0 Å². The molecule has 2 aromatic carbocycles. The van der Waals surface area contributed by atoms with E-state index in [-0.39, 0.29) is 11.4 Å². The number of hydrogen-bond donors (Lipinski definition) is 1. The largest absolute Gasteiger partial charge is 0.293 e. The highest BCUT2D eigenvalue weighted by atomic mass is 79.9. The summed E-state index contributed by atoms with van der Waals surface area (Å²) in [5.41, 5.74) is 5.09. The van der Waals surface area contributed by atoms with E-state index in [4.69, 9.17) is 0 Å². The van der Waals surface area contributed by atoms with Crippen molar-refractivity contribution in [1.29, 1.82) is 0 Å². The van der Waals surface area contributed by atoms with Gasteiger partial charge in [-0.3, -0.25) is 19.6 Å². The Morgan fingerprint density at radius 2 is 1.83 bits per heavy atom. The predicted octanol–water partition coefficient (Wildman–Crippen LogP) is 4.52. The number of non-ortho nitro benzene ring substituents is 1. The third-order valence-electron chi connectivity index (χ3n) is 4.01. The third kappa shape index (κ3) is 5.36. The van der Waals surface area contributed by atoms with Gasteiger partial charge in [0.15, 0.2) is 5.69 Å². The standard InChI is InChI=1S/C19H15Br2N5O3/c1-12(14-4-6-15(20)7-5-14)22-23-19(27)18-17(21)11-25(24-18)10-13-2-8-16(9-3-13)26(28)29/h2-9,11H,10H2,1H3,(H,23,27)/b22-12+. The van der Waals surface area contributed by atoms with Gasteiger partial charge in [-0.05, 0) is 46.1 Å². The van der Waals surface area contributed by atoms with Crippen LogP contribution in [0.5, 0.6) is 0 Å². The fourth-order valence-corrected chi connectivity index (χ4v) is 3.25. The molecule has 8 nitrogen and oxygen atoms in total. The Bertz CT molecular complexity index is 1080. The van der Waals surface area contributed by atoms with Crippen molar-refractivity contribution in [3.05, 3.63) is 90.6 Å². The van der Waals surface area contributed by atoms with Crippen LogP contribution in [-0.2, 0) is 6.54 Å². The average molecular weight is 521 g/mol. The number of nitro benzene ring substituents is 1. The molecule has 0 aliphatic heterocycles. The van der Waals surface area contributed by atoms with Gasteiger partial charge in [0.2, 0.25) is 0 Å². The summed E-state index contributed by atoms with van der Waals surface area (Å²) in [5, 5.41) is 19.1. The van der Waals surface area contributed by atoms with E-state index in [1.807, 2.05) is 24.3 Å². The van der Waals surface area contributed by atoms with Crippen LogP contribution < -0.4 is 5.43 Å². The summed E-state index contributed by atoms with van der Waals surface area (Å²) in [6, 6.07) is 13.7. The third-order valence-corrected chi connectivity index (χ3v) is 5.12. The molecule has 0 fully saturated rings. The zero-order valence-corrected chi connectivity index (χ0v) is 18.3. The molecule has 3 rings (SSSR count). The number of carbonyl (C=O) groups is 1. The first-order valence-corrected chi connectivity index (χ1v) is 9.99. The van der Waals surface area contributed by atoms with Gasteiger partial charge in [-0.2, -0.15) is 10.2 Å². The summed E-state index contributed by atoms with van der Waals surface area (Å²) in [7, 11) is 0. The normalized spacial score (nSPS) is 11.3. The van der Waals surface area contributed by atoms with Crippen LogP contribution in [0.15, 0.2) is 68.8 Å². The molecule has 0 aliphatic rings. The van der Waals surface area contributed by atoms with Gasteiger partial charge in [0.1, 0.15) is 0 Å². The lowest BCUT2D eigenvalue weighted by Gasteiger charge is -2.03.